The fourth-order valence-electron chi connectivity index (χ4n) is 4.60. The number of nitrogens with zero attached hydrogens (tertiary/aromatic N) is 2. The van der Waals surface area contributed by atoms with Gasteiger partial charge in [0.2, 0.25) is 0 Å². The van der Waals surface area contributed by atoms with Crippen molar-refractivity contribution in [3.05, 3.63) is 67.7 Å². The van der Waals surface area contributed by atoms with Crippen LogP contribution >= 0.6 is 46.6 Å². The molecule has 0 aromatic heterocycles. The third-order valence-corrected chi connectivity index (χ3v) is 7.81. The van der Waals surface area contributed by atoms with E-state index in [0.717, 1.165) is 11.1 Å². The summed E-state index contributed by atoms with van der Waals surface area (Å²) < 4.78 is 50.6. The molecule has 31 heavy (non-hydrogen) atoms. The Kier molecular flexibility index (Phi) is 5.09. The van der Waals surface area contributed by atoms with Crippen molar-refractivity contribution in [2.45, 2.75) is 30.2 Å². The molecular weight excluding hydrogens is 495 g/mol. The number of hydrogen-bond acceptors (Lipinski definition) is 3. The van der Waals surface area contributed by atoms with Gasteiger partial charge in [0, 0.05) is 25.2 Å². The van der Waals surface area contributed by atoms with E-state index in [4.69, 9.17) is 51.3 Å². The summed E-state index contributed by atoms with van der Waals surface area (Å²) >= 11 is 24.0. The van der Waals surface area contributed by atoms with Crippen molar-refractivity contribution in [3.63, 3.8) is 0 Å². The van der Waals surface area contributed by atoms with E-state index in [-0.39, 0.29) is 27.1 Å². The number of fused-ring (bicyclic) bond motifs is 2. The molecule has 3 aliphatic heterocycles. The van der Waals surface area contributed by atoms with Gasteiger partial charge >= 0.3 is 6.18 Å². The molecule has 2 aromatic rings. The first-order valence-electron chi connectivity index (χ1n) is 9.48. The molecule has 1 unspecified atom stereocenters. The Hall–Kier alpha value is -1.02. The Morgan fingerprint density at radius 3 is 2.32 bits per heavy atom. The molecule has 1 atom stereocenters. The molecule has 1 spiro atoms. The molecule has 1 fully saturated rings. The quantitative estimate of drug-likeness (QED) is 0.339. The van der Waals surface area contributed by atoms with Crippen LogP contribution in [0.25, 0.3) is 0 Å². The van der Waals surface area contributed by atoms with Crippen molar-refractivity contribution in [2.75, 3.05) is 19.6 Å². The van der Waals surface area contributed by atoms with E-state index >= 15 is 0 Å². The summed E-state index contributed by atoms with van der Waals surface area (Å²) in [6, 6.07) is 8.05. The van der Waals surface area contributed by atoms with Crippen molar-refractivity contribution in [1.82, 2.24) is 4.42 Å². The molecule has 164 valence electrons. The minimum atomic E-state index is -4.56. The maximum absolute atomic E-state index is 14.3. The van der Waals surface area contributed by atoms with E-state index in [9.17, 15) is 13.2 Å². The highest BCUT2D eigenvalue weighted by Gasteiger charge is 2.59. The Balaban J connectivity index is 1.49. The zero-order valence-corrected chi connectivity index (χ0v) is 18.9. The highest BCUT2D eigenvalue weighted by Crippen LogP contribution is 2.50. The predicted molar refractivity (Wildman–Crippen MR) is 116 cm³/mol. The van der Waals surface area contributed by atoms with Gasteiger partial charge in [-0.3, -0.25) is 4.99 Å². The van der Waals surface area contributed by atoms with Gasteiger partial charge < -0.3 is 4.74 Å². The fourth-order valence-corrected chi connectivity index (χ4v) is 5.58. The molecule has 5 rings (SSSR count). The zero-order chi connectivity index (χ0) is 22.2. The lowest BCUT2D eigenvalue weighted by Gasteiger charge is -2.43. The van der Waals surface area contributed by atoms with E-state index in [1.54, 1.807) is 10.5 Å². The molecule has 3 heterocycles. The van der Waals surface area contributed by atoms with Crippen LogP contribution in [0.15, 0.2) is 35.3 Å². The zero-order valence-electron chi connectivity index (χ0n) is 15.9. The van der Waals surface area contributed by atoms with Crippen molar-refractivity contribution >= 4 is 52.3 Å². The van der Waals surface area contributed by atoms with Gasteiger partial charge in [-0.05, 0) is 52.2 Å². The lowest BCUT2D eigenvalue weighted by molar-refractivity contribution is -0.183. The first-order chi connectivity index (χ1) is 14.5. The molecule has 0 amide bonds. The lowest BCUT2D eigenvalue weighted by Crippen LogP contribution is -2.54. The maximum Gasteiger partial charge on any atom is 0.400 e. The van der Waals surface area contributed by atoms with E-state index in [2.05, 4.69) is 4.99 Å². The van der Waals surface area contributed by atoms with Crippen LogP contribution in [-0.2, 0) is 22.4 Å². The Bertz CT molecular complexity index is 1090. The molecular formula is C21H15Cl4F3N2O. The smallest absolute Gasteiger partial charge is 0.363 e. The number of halogens is 7. The largest absolute Gasteiger partial charge is 0.400 e. The minimum absolute atomic E-state index is 0.0185. The van der Waals surface area contributed by atoms with Crippen LogP contribution < -0.4 is 0 Å². The highest BCUT2D eigenvalue weighted by atomic mass is 35.5. The van der Waals surface area contributed by atoms with Gasteiger partial charge in [0.1, 0.15) is 11.0 Å². The van der Waals surface area contributed by atoms with E-state index in [0.29, 0.717) is 31.0 Å². The predicted octanol–water partition coefficient (Wildman–Crippen LogP) is 6.53. The van der Waals surface area contributed by atoms with Crippen LogP contribution in [0.3, 0.4) is 0 Å². The molecule has 0 radical (unpaired) electrons. The number of benzene rings is 2. The highest BCUT2D eigenvalue weighted by molar-refractivity contribution is 6.48. The molecule has 0 N–H and O–H groups in total. The van der Waals surface area contributed by atoms with Crippen LogP contribution in [0.1, 0.15) is 28.7 Å². The first kappa shape index (κ1) is 21.8. The normalized spacial score (nSPS) is 24.9. The summed E-state index contributed by atoms with van der Waals surface area (Å²) in [7, 11) is 0. The van der Waals surface area contributed by atoms with Crippen molar-refractivity contribution in [1.29, 1.82) is 0 Å². The summed E-state index contributed by atoms with van der Waals surface area (Å²) in [6.45, 7) is 1.11. The molecule has 0 aliphatic carbocycles. The fraction of sp³-hybridized carbons (Fsp3) is 0.381. The summed E-state index contributed by atoms with van der Waals surface area (Å²) in [4.78, 5) is 4.30. The van der Waals surface area contributed by atoms with Gasteiger partial charge in [-0.15, -0.1) is 0 Å². The molecule has 0 bridgehead atoms. The van der Waals surface area contributed by atoms with Crippen LogP contribution in [0.2, 0.25) is 15.1 Å². The molecule has 3 aliphatic rings. The Labute approximate surface area is 196 Å². The average Bonchev–Trinajstić information content (AvgIpc) is 3.29. The van der Waals surface area contributed by atoms with Crippen LogP contribution in [0.5, 0.6) is 0 Å². The lowest BCUT2D eigenvalue weighted by atomic mass is 9.76. The summed E-state index contributed by atoms with van der Waals surface area (Å²) in [6.07, 6.45) is -4.87. The van der Waals surface area contributed by atoms with E-state index in [1.165, 1.54) is 12.1 Å². The van der Waals surface area contributed by atoms with Crippen molar-refractivity contribution in [2.24, 2.45) is 4.99 Å². The number of aliphatic imine (C=N–C) groups is 1. The average molecular weight is 510 g/mol. The number of ether oxygens (including phenoxy) is 1. The van der Waals surface area contributed by atoms with E-state index in [1.807, 2.05) is 12.1 Å². The minimum Gasteiger partial charge on any atom is -0.363 e. The van der Waals surface area contributed by atoms with Crippen LogP contribution in [-0.4, -0.2) is 35.9 Å². The standard InChI is InChI=1S/C21H15Cl4F3N2O/c22-15-4-13(5-16(23)18(15)24)19(21(26,27)28)6-17(29-8-19)11-1-2-14-12(3-11)7-31-20(14)9-30(25)10-20/h1-5H,6-10H2. The third-order valence-electron chi connectivity index (χ3n) is 6.38. The van der Waals surface area contributed by atoms with E-state index < -0.39 is 23.7 Å². The Morgan fingerprint density at radius 1 is 1.03 bits per heavy atom. The van der Waals surface area contributed by atoms with Gasteiger partial charge in [0.05, 0.1) is 28.2 Å². The molecule has 3 nitrogen and oxygen atoms in total. The first-order valence-corrected chi connectivity index (χ1v) is 11.0. The van der Waals surface area contributed by atoms with Gasteiger partial charge in [-0.1, -0.05) is 46.9 Å². The maximum atomic E-state index is 14.3. The molecule has 2 aromatic carbocycles. The second-order valence-electron chi connectivity index (χ2n) is 8.21. The van der Waals surface area contributed by atoms with Gasteiger partial charge in [0.25, 0.3) is 0 Å². The number of rotatable bonds is 2. The van der Waals surface area contributed by atoms with Gasteiger partial charge in [0.15, 0.2) is 0 Å². The number of alkyl halides is 3. The summed E-state index contributed by atoms with van der Waals surface area (Å²) in [5.41, 5.74) is 0.342. The second-order valence-corrected chi connectivity index (χ2v) is 9.88. The second kappa shape index (κ2) is 7.24. The topological polar surface area (TPSA) is 24.8 Å². The molecule has 0 saturated carbocycles. The Morgan fingerprint density at radius 2 is 1.71 bits per heavy atom. The summed E-state index contributed by atoms with van der Waals surface area (Å²) in [5, 5.41) is -0.00675. The van der Waals surface area contributed by atoms with Crippen LogP contribution in [0, 0.1) is 0 Å². The molecule has 1 saturated heterocycles. The third kappa shape index (κ3) is 3.30. The van der Waals surface area contributed by atoms with Gasteiger partial charge in [-0.2, -0.15) is 13.2 Å². The van der Waals surface area contributed by atoms with Crippen molar-refractivity contribution < 1.29 is 17.9 Å². The monoisotopic (exact) mass is 508 g/mol. The summed E-state index contributed by atoms with van der Waals surface area (Å²) in [5.74, 6) is 0. The number of hydrogen-bond donors (Lipinski definition) is 0. The van der Waals surface area contributed by atoms with Crippen LogP contribution in [0.4, 0.5) is 13.2 Å². The van der Waals surface area contributed by atoms with Crippen molar-refractivity contribution in [3.8, 4) is 0 Å². The molecule has 10 heteroatoms. The SMILES string of the molecule is FC(F)(F)C1(c2cc(Cl)c(Cl)c(Cl)c2)CN=C(c2ccc3c(c2)COC32CN(Cl)C2)C1. The van der Waals surface area contributed by atoms with Gasteiger partial charge in [-0.25, -0.2) is 4.42 Å².